The van der Waals surface area contributed by atoms with Crippen molar-refractivity contribution in [2.75, 3.05) is 0 Å². The Morgan fingerprint density at radius 1 is 1.12 bits per heavy atom. The second-order valence-electron chi connectivity index (χ2n) is 6.52. The van der Waals surface area contributed by atoms with Crippen molar-refractivity contribution >= 4 is 5.91 Å². The molecule has 0 radical (unpaired) electrons. The van der Waals surface area contributed by atoms with E-state index in [9.17, 15) is 4.79 Å². The third-order valence-electron chi connectivity index (χ3n) is 3.23. The number of carbonyl (C=O) groups excluding carboxylic acids is 1. The molecular weight excluding hydrogens is 466 g/mol. The van der Waals surface area contributed by atoms with Crippen LogP contribution in [0.2, 0.25) is 0 Å². The largest absolute Gasteiger partial charge is 0.353 e. The van der Waals surface area contributed by atoms with Gasteiger partial charge in [-0.25, -0.2) is 0 Å². The maximum absolute atomic E-state index is 12.2. The van der Waals surface area contributed by atoms with Gasteiger partial charge < -0.3 is 5.32 Å². The first kappa shape index (κ1) is 28.1. The fourth-order valence-electron chi connectivity index (χ4n) is 2.56. The normalized spacial score (nSPS) is 9.71. The first-order chi connectivity index (χ1) is 10.4. The number of amides is 1. The van der Waals surface area contributed by atoms with Gasteiger partial charge in [-0.15, -0.1) is 6.07 Å². The zero-order chi connectivity index (χ0) is 17.1. The van der Waals surface area contributed by atoms with Crippen LogP contribution in [0.3, 0.4) is 0 Å². The van der Waals surface area contributed by atoms with Gasteiger partial charge in [0.1, 0.15) is 0 Å². The van der Waals surface area contributed by atoms with E-state index in [4.69, 9.17) is 0 Å². The minimum absolute atomic E-state index is 0. The molecule has 0 spiro atoms. The van der Waals surface area contributed by atoms with E-state index in [-0.39, 0.29) is 41.9 Å². The van der Waals surface area contributed by atoms with Crippen molar-refractivity contribution in [1.29, 1.82) is 0 Å². The topological polar surface area (TPSA) is 29.1 Å². The van der Waals surface area contributed by atoms with Crippen molar-refractivity contribution < 1.29 is 27.3 Å². The van der Waals surface area contributed by atoms with Gasteiger partial charge in [-0.3, -0.25) is 4.79 Å². The van der Waals surface area contributed by atoms with E-state index in [0.717, 1.165) is 24.0 Å². The molecule has 142 valence electrons. The summed E-state index contributed by atoms with van der Waals surface area (Å²) in [7, 11) is 0. The molecule has 1 aromatic carbocycles. The standard InChI is InChI=1S/C18H28NO.C2H6.CH4.W.H2/c1-13(2)9-17(10-14(3)4)19-18(20)12-16-8-6-7-15(5)11-16;1-2;;;/h6-8,11,13-14,17H,5,9-10,12H2,1-4H3,(H,19,20);1-2H3;1H4;;1H/q-1;;;;. The van der Waals surface area contributed by atoms with Crippen molar-refractivity contribution in [3.05, 3.63) is 42.3 Å². The molecule has 24 heavy (non-hydrogen) atoms. The Morgan fingerprint density at radius 2 is 1.62 bits per heavy atom. The first-order valence-electron chi connectivity index (χ1n) is 8.57. The van der Waals surface area contributed by atoms with E-state index in [1.807, 2.05) is 38.1 Å². The van der Waals surface area contributed by atoms with E-state index < -0.39 is 0 Å². The first-order valence-corrected chi connectivity index (χ1v) is 8.57. The molecule has 0 fully saturated rings. The second kappa shape index (κ2) is 15.8. The van der Waals surface area contributed by atoms with E-state index >= 15 is 0 Å². The molecule has 0 aliphatic carbocycles. The van der Waals surface area contributed by atoms with Crippen LogP contribution >= 0.6 is 0 Å². The molecule has 0 aliphatic heterocycles. The van der Waals surface area contributed by atoms with Gasteiger partial charge in [0.05, 0.1) is 0 Å². The van der Waals surface area contributed by atoms with Crippen LogP contribution < -0.4 is 5.32 Å². The van der Waals surface area contributed by atoms with Gasteiger partial charge in [0.2, 0.25) is 5.91 Å². The minimum Gasteiger partial charge on any atom is -0.353 e. The summed E-state index contributed by atoms with van der Waals surface area (Å²) in [6.45, 7) is 16.7. The van der Waals surface area contributed by atoms with Gasteiger partial charge in [0.15, 0.2) is 0 Å². The van der Waals surface area contributed by atoms with E-state index in [0.29, 0.717) is 18.3 Å². The molecule has 1 aromatic rings. The summed E-state index contributed by atoms with van der Waals surface area (Å²) in [6, 6.07) is 8.13. The summed E-state index contributed by atoms with van der Waals surface area (Å²) in [5.41, 5.74) is 1.99. The Morgan fingerprint density at radius 3 is 2.04 bits per heavy atom. The molecule has 0 atom stereocenters. The molecule has 0 bridgehead atoms. The van der Waals surface area contributed by atoms with Gasteiger partial charge in [0.25, 0.3) is 0 Å². The van der Waals surface area contributed by atoms with Crippen molar-refractivity contribution in [2.45, 2.75) is 74.3 Å². The fourth-order valence-corrected chi connectivity index (χ4v) is 2.56. The molecule has 0 heterocycles. The molecule has 1 amide bonds. The fraction of sp³-hybridized carbons (Fsp3) is 0.619. The average Bonchev–Trinajstić information content (AvgIpc) is 2.39. The maximum Gasteiger partial charge on any atom is 0.223 e. The molecule has 0 unspecified atom stereocenters. The van der Waals surface area contributed by atoms with Gasteiger partial charge in [-0.2, -0.15) is 24.6 Å². The van der Waals surface area contributed by atoms with E-state index in [2.05, 4.69) is 39.9 Å². The smallest absolute Gasteiger partial charge is 0.223 e. The van der Waals surface area contributed by atoms with Crippen molar-refractivity contribution in [1.82, 2.24) is 5.32 Å². The Kier molecular flexibility index (Phi) is 18.4. The Hall–Kier alpha value is -0.752. The van der Waals surface area contributed by atoms with E-state index in [1.165, 1.54) is 0 Å². The summed E-state index contributed by atoms with van der Waals surface area (Å²) < 4.78 is 0. The molecule has 1 N–H and O–H groups in total. The van der Waals surface area contributed by atoms with Gasteiger partial charge in [0, 0.05) is 35.0 Å². The predicted octanol–water partition coefficient (Wildman–Crippen LogP) is 5.89. The quantitative estimate of drug-likeness (QED) is 0.459. The molecule has 2 nitrogen and oxygen atoms in total. The van der Waals surface area contributed by atoms with Crippen LogP contribution in [0.1, 0.15) is 74.4 Å². The molecule has 0 aromatic heterocycles. The van der Waals surface area contributed by atoms with Crippen molar-refractivity contribution in [2.24, 2.45) is 11.8 Å². The van der Waals surface area contributed by atoms with Gasteiger partial charge in [-0.05, 0) is 24.7 Å². The van der Waals surface area contributed by atoms with Crippen LogP contribution in [0.25, 0.3) is 0 Å². The minimum atomic E-state index is 0. The number of rotatable bonds is 7. The van der Waals surface area contributed by atoms with Crippen LogP contribution in [0.4, 0.5) is 0 Å². The van der Waals surface area contributed by atoms with E-state index in [1.54, 1.807) is 0 Å². The van der Waals surface area contributed by atoms with Crippen LogP contribution in [-0.4, -0.2) is 11.9 Å². The third-order valence-corrected chi connectivity index (χ3v) is 3.23. The number of carbonyl (C=O) groups is 1. The molecule has 0 aliphatic rings. The summed E-state index contributed by atoms with van der Waals surface area (Å²) in [5, 5.41) is 3.19. The van der Waals surface area contributed by atoms with Crippen molar-refractivity contribution in [3.63, 3.8) is 0 Å². The van der Waals surface area contributed by atoms with Crippen LogP contribution in [0.5, 0.6) is 0 Å². The Labute approximate surface area is 167 Å². The Balaban J connectivity index is -0.000000425. The van der Waals surface area contributed by atoms with Crippen LogP contribution in [0.15, 0.2) is 24.3 Å². The zero-order valence-corrected chi connectivity index (χ0v) is 18.6. The van der Waals surface area contributed by atoms with Crippen LogP contribution in [0, 0.1) is 18.8 Å². The zero-order valence-electron chi connectivity index (χ0n) is 15.7. The molecule has 1 rings (SSSR count). The summed E-state index contributed by atoms with van der Waals surface area (Å²) in [6.07, 6.45) is 2.52. The van der Waals surface area contributed by atoms with Crippen molar-refractivity contribution in [3.8, 4) is 0 Å². The number of hydrogen-bond acceptors (Lipinski definition) is 1. The average molecular weight is 506 g/mol. The molecular formula is C21H40NOW-. The summed E-state index contributed by atoms with van der Waals surface area (Å²) in [4.78, 5) is 12.2. The molecule has 0 saturated heterocycles. The number of hydrogen-bond donors (Lipinski definition) is 1. The monoisotopic (exact) mass is 506 g/mol. The third kappa shape index (κ3) is 13.7. The summed E-state index contributed by atoms with van der Waals surface area (Å²) in [5.74, 6) is 1.31. The van der Waals surface area contributed by atoms with Gasteiger partial charge >= 0.3 is 0 Å². The predicted molar refractivity (Wildman–Crippen MR) is 106 cm³/mol. The SMILES string of the molecule is C.CC.[CH2-]c1cccc(CC(=O)NC(CC(C)C)CC(C)C)c1.[HH].[W]. The maximum atomic E-state index is 12.2. The Bertz CT molecular complexity index is 426. The number of nitrogens with one attached hydrogen (secondary N) is 1. The molecule has 3 heteroatoms. The van der Waals surface area contributed by atoms with Crippen LogP contribution in [-0.2, 0) is 32.3 Å². The second-order valence-corrected chi connectivity index (χ2v) is 6.52. The summed E-state index contributed by atoms with van der Waals surface area (Å²) >= 11 is 0. The number of benzene rings is 1. The molecule has 0 saturated carbocycles. The van der Waals surface area contributed by atoms with Gasteiger partial charge in [-0.1, -0.05) is 60.6 Å².